The van der Waals surface area contributed by atoms with Crippen LogP contribution in [0.3, 0.4) is 0 Å². The van der Waals surface area contributed by atoms with Crippen LogP contribution in [0.4, 0.5) is 20.3 Å². The number of nitrogens with zero attached hydrogens (tertiary/aromatic N) is 4. The van der Waals surface area contributed by atoms with Crippen molar-refractivity contribution in [1.82, 2.24) is 14.9 Å². The van der Waals surface area contributed by atoms with Gasteiger partial charge < -0.3 is 9.80 Å². The van der Waals surface area contributed by atoms with Crippen molar-refractivity contribution >= 4 is 21.5 Å². The second-order valence-electron chi connectivity index (χ2n) is 9.44. The van der Waals surface area contributed by atoms with Gasteiger partial charge in [-0.3, -0.25) is 4.72 Å². The largest absolute Gasteiger partial charge is 0.370 e. The van der Waals surface area contributed by atoms with Crippen LogP contribution in [0.1, 0.15) is 44.9 Å². The van der Waals surface area contributed by atoms with E-state index in [0.717, 1.165) is 37.7 Å². The molecule has 0 amide bonds. The fourth-order valence-corrected chi connectivity index (χ4v) is 6.45. The van der Waals surface area contributed by atoms with Gasteiger partial charge in [0, 0.05) is 30.5 Å². The van der Waals surface area contributed by atoms with Crippen LogP contribution < -0.4 is 9.62 Å². The minimum Gasteiger partial charge on any atom is -0.370 e. The number of sulfonamides is 1. The summed E-state index contributed by atoms with van der Waals surface area (Å²) in [6, 6.07) is 3.55. The zero-order valence-electron chi connectivity index (χ0n) is 19.1. The van der Waals surface area contributed by atoms with Crippen LogP contribution in [0.5, 0.6) is 0 Å². The van der Waals surface area contributed by atoms with Gasteiger partial charge in [-0.15, -0.1) is 0 Å². The van der Waals surface area contributed by atoms with Gasteiger partial charge in [0.2, 0.25) is 0 Å². The molecule has 1 saturated heterocycles. The molecule has 0 unspecified atom stereocenters. The summed E-state index contributed by atoms with van der Waals surface area (Å²) in [5, 5.41) is 0. The molecule has 0 radical (unpaired) electrons. The first-order valence-electron chi connectivity index (χ1n) is 11.4. The fourth-order valence-electron chi connectivity index (χ4n) is 5.32. The molecule has 0 bridgehead atoms. The van der Waals surface area contributed by atoms with Crippen LogP contribution in [0.2, 0.25) is 0 Å². The molecule has 33 heavy (non-hydrogen) atoms. The van der Waals surface area contributed by atoms with E-state index in [4.69, 9.17) is 0 Å². The molecule has 2 aromatic rings. The van der Waals surface area contributed by atoms with Crippen molar-refractivity contribution in [2.75, 3.05) is 36.8 Å². The lowest BCUT2D eigenvalue weighted by molar-refractivity contribution is 0.0957. The number of nitrogens with one attached hydrogen (secondary N) is 1. The monoisotopic (exact) mass is 479 g/mol. The maximum atomic E-state index is 15.0. The number of halogens is 2. The summed E-state index contributed by atoms with van der Waals surface area (Å²) in [6.45, 7) is 1.32. The van der Waals surface area contributed by atoms with E-state index in [1.165, 1.54) is 37.9 Å². The van der Waals surface area contributed by atoms with Gasteiger partial charge in [0.1, 0.15) is 23.8 Å². The molecule has 1 aromatic carbocycles. The number of likely N-dealkylation sites (N-methyl/N-ethyl adjacent to an activating group) is 1. The van der Waals surface area contributed by atoms with Gasteiger partial charge in [0.25, 0.3) is 10.0 Å². The summed E-state index contributed by atoms with van der Waals surface area (Å²) in [5.74, 6) is -1.63. The average Bonchev–Trinajstić information content (AvgIpc) is 3.26. The predicted molar refractivity (Wildman–Crippen MR) is 124 cm³/mol. The van der Waals surface area contributed by atoms with Crippen molar-refractivity contribution in [1.29, 1.82) is 0 Å². The Balaban J connectivity index is 1.59. The third kappa shape index (κ3) is 5.11. The second-order valence-corrected chi connectivity index (χ2v) is 11.1. The third-order valence-electron chi connectivity index (χ3n) is 7.09. The lowest BCUT2D eigenvalue weighted by Gasteiger charge is -2.49. The molecule has 1 aliphatic carbocycles. The van der Waals surface area contributed by atoms with E-state index in [1.54, 1.807) is 0 Å². The van der Waals surface area contributed by atoms with Crippen LogP contribution in [-0.2, 0) is 10.0 Å². The third-order valence-corrected chi connectivity index (χ3v) is 8.49. The minimum atomic E-state index is -4.49. The summed E-state index contributed by atoms with van der Waals surface area (Å²) in [7, 11) is -0.336. The van der Waals surface area contributed by atoms with E-state index in [2.05, 4.69) is 33.7 Å². The molecule has 1 aromatic heterocycles. The maximum Gasteiger partial charge on any atom is 0.268 e. The molecule has 1 N–H and O–H groups in total. The lowest BCUT2D eigenvalue weighted by Crippen LogP contribution is -2.57. The van der Waals surface area contributed by atoms with Gasteiger partial charge in [-0.1, -0.05) is 25.7 Å². The average molecular weight is 480 g/mol. The Labute approximate surface area is 194 Å². The fraction of sp³-hybridized carbons (Fsp3) is 0.565. The molecule has 180 valence electrons. The number of anilines is 2. The second kappa shape index (κ2) is 9.50. The first-order chi connectivity index (χ1) is 15.7. The highest BCUT2D eigenvalue weighted by Crippen LogP contribution is 2.40. The number of aromatic nitrogens is 2. The van der Waals surface area contributed by atoms with Crippen molar-refractivity contribution in [2.45, 2.75) is 55.4 Å². The van der Waals surface area contributed by atoms with Gasteiger partial charge >= 0.3 is 0 Å². The first kappa shape index (κ1) is 23.8. The van der Waals surface area contributed by atoms with Crippen molar-refractivity contribution in [3.63, 3.8) is 0 Å². The smallest absolute Gasteiger partial charge is 0.268 e. The van der Waals surface area contributed by atoms with Crippen molar-refractivity contribution in [3.8, 4) is 0 Å². The van der Waals surface area contributed by atoms with Gasteiger partial charge in [-0.05, 0) is 57.5 Å². The summed E-state index contributed by atoms with van der Waals surface area (Å²) < 4.78 is 57.4. The van der Waals surface area contributed by atoms with E-state index in [0.29, 0.717) is 24.7 Å². The number of rotatable bonds is 7. The Morgan fingerprint density at radius 2 is 1.88 bits per heavy atom. The van der Waals surface area contributed by atoms with Gasteiger partial charge in [-0.2, -0.15) is 0 Å². The summed E-state index contributed by atoms with van der Waals surface area (Å²) in [4.78, 5) is 10.7. The van der Waals surface area contributed by atoms with Crippen LogP contribution in [-0.4, -0.2) is 56.0 Å². The lowest BCUT2D eigenvalue weighted by atomic mass is 9.79. The maximum absolute atomic E-state index is 15.0. The number of hydrogen-bond acceptors (Lipinski definition) is 6. The number of benzene rings is 1. The predicted octanol–water partition coefficient (Wildman–Crippen LogP) is 4.04. The summed E-state index contributed by atoms with van der Waals surface area (Å²) in [5.41, 5.74) is 0.294. The van der Waals surface area contributed by atoms with Gasteiger partial charge in [0.15, 0.2) is 4.90 Å². The molecule has 1 aliphatic heterocycles. The molecule has 10 heteroatoms. The Bertz CT molecular complexity index is 1050. The normalized spacial score (nSPS) is 22.2. The molecule has 2 fully saturated rings. The SMILES string of the molecule is CN(C)[C@]1(CC2CCCC2)CCCN(c2cc(F)c(S(=O)(=O)Nc3ccncn3)c(F)c2)C1. The molecule has 7 nitrogen and oxygen atoms in total. The number of piperidine rings is 1. The molecular formula is C23H31F2N5O2S. The Hall–Kier alpha value is -2.33. The van der Waals surface area contributed by atoms with Gasteiger partial charge in [0.05, 0.1) is 0 Å². The zero-order chi connectivity index (χ0) is 23.6. The van der Waals surface area contributed by atoms with E-state index >= 15 is 8.78 Å². The quantitative estimate of drug-likeness (QED) is 0.646. The highest BCUT2D eigenvalue weighted by atomic mass is 32.2. The van der Waals surface area contributed by atoms with E-state index in [9.17, 15) is 8.42 Å². The Morgan fingerprint density at radius 3 is 2.48 bits per heavy atom. The van der Waals surface area contributed by atoms with E-state index in [1.807, 2.05) is 4.90 Å². The molecule has 4 rings (SSSR count). The van der Waals surface area contributed by atoms with E-state index in [-0.39, 0.29) is 11.4 Å². The molecular weight excluding hydrogens is 448 g/mol. The molecule has 1 saturated carbocycles. The van der Waals surface area contributed by atoms with Crippen LogP contribution in [0.15, 0.2) is 35.6 Å². The Morgan fingerprint density at radius 1 is 1.18 bits per heavy atom. The topological polar surface area (TPSA) is 78.4 Å². The van der Waals surface area contributed by atoms with Crippen LogP contribution in [0.25, 0.3) is 0 Å². The van der Waals surface area contributed by atoms with Crippen LogP contribution in [0, 0.1) is 17.6 Å². The van der Waals surface area contributed by atoms with Crippen molar-refractivity contribution in [2.24, 2.45) is 5.92 Å². The number of hydrogen-bond donors (Lipinski definition) is 1. The molecule has 2 aliphatic rings. The molecule has 0 spiro atoms. The highest BCUT2D eigenvalue weighted by Gasteiger charge is 2.40. The Kier molecular flexibility index (Phi) is 6.86. The van der Waals surface area contributed by atoms with E-state index < -0.39 is 26.6 Å². The highest BCUT2D eigenvalue weighted by molar-refractivity contribution is 7.92. The van der Waals surface area contributed by atoms with Crippen molar-refractivity contribution in [3.05, 3.63) is 42.4 Å². The zero-order valence-corrected chi connectivity index (χ0v) is 19.9. The minimum absolute atomic E-state index is 0.0633. The summed E-state index contributed by atoms with van der Waals surface area (Å²) in [6.07, 6.45) is 10.5. The summed E-state index contributed by atoms with van der Waals surface area (Å²) >= 11 is 0. The van der Waals surface area contributed by atoms with Gasteiger partial charge in [-0.25, -0.2) is 27.2 Å². The van der Waals surface area contributed by atoms with Crippen molar-refractivity contribution < 1.29 is 17.2 Å². The molecule has 1 atom stereocenters. The molecule has 2 heterocycles. The standard InChI is InChI=1S/C23H31F2N5O2S/c1-29(2)23(14-17-6-3-4-7-17)9-5-11-30(15-23)18-12-19(24)22(20(25)13-18)33(31,32)28-21-8-10-26-16-27-21/h8,10,12-13,16-17H,3-7,9,11,14-15H2,1-2H3,(H,26,27,28)/t23-/m0/s1. The van der Waals surface area contributed by atoms with Crippen LogP contribution >= 0.6 is 0 Å². The first-order valence-corrected chi connectivity index (χ1v) is 12.9.